The number of halogens is 1. The van der Waals surface area contributed by atoms with Crippen LogP contribution in [0, 0.1) is 11.7 Å². The summed E-state index contributed by atoms with van der Waals surface area (Å²) < 4.78 is 13.6. The first kappa shape index (κ1) is 21.2. The van der Waals surface area contributed by atoms with Gasteiger partial charge in [-0.25, -0.2) is 4.39 Å². The van der Waals surface area contributed by atoms with Crippen LogP contribution >= 0.6 is 0 Å². The van der Waals surface area contributed by atoms with Crippen molar-refractivity contribution in [2.75, 3.05) is 18.0 Å². The zero-order valence-electron chi connectivity index (χ0n) is 19.6. The summed E-state index contributed by atoms with van der Waals surface area (Å²) in [6, 6.07) is 22.7. The first-order valence-corrected chi connectivity index (χ1v) is 12.6. The number of piperidine rings is 1. The standard InChI is InChI=1S/C31H31FN2/c32-28-12-11-24-17-26(18-27(24)19-28)23-6-4-8-29(20-23)34-15-13-22(14-16-34)5-3-7-25-21-33-31-10-2-1-9-30(25)31/h1-2,4,6,8-12,18-22,33H,3,5,7,13-17H2. The smallest absolute Gasteiger partial charge is 0.123 e. The van der Waals surface area contributed by atoms with Gasteiger partial charge < -0.3 is 9.88 Å². The molecule has 3 heteroatoms. The van der Waals surface area contributed by atoms with E-state index < -0.39 is 0 Å². The Morgan fingerprint density at radius 1 is 0.941 bits per heavy atom. The van der Waals surface area contributed by atoms with Crippen molar-refractivity contribution in [3.63, 3.8) is 0 Å². The molecule has 3 aromatic carbocycles. The van der Waals surface area contributed by atoms with Gasteiger partial charge in [-0.05, 0) is 103 Å². The van der Waals surface area contributed by atoms with Crippen LogP contribution in [0.25, 0.3) is 22.6 Å². The molecule has 1 N–H and O–H groups in total. The van der Waals surface area contributed by atoms with Gasteiger partial charge in [-0.1, -0.05) is 42.5 Å². The summed E-state index contributed by atoms with van der Waals surface area (Å²) >= 11 is 0. The Balaban J connectivity index is 1.04. The molecule has 6 rings (SSSR count). The molecule has 0 unspecified atom stereocenters. The van der Waals surface area contributed by atoms with Crippen molar-refractivity contribution in [2.45, 2.75) is 38.5 Å². The third-order valence-corrected chi connectivity index (χ3v) is 7.75. The maximum atomic E-state index is 13.6. The number of fused-ring (bicyclic) bond motifs is 2. The highest BCUT2D eigenvalue weighted by molar-refractivity contribution is 5.89. The van der Waals surface area contributed by atoms with Gasteiger partial charge in [-0.2, -0.15) is 0 Å². The molecule has 0 spiro atoms. The fourth-order valence-electron chi connectivity index (χ4n) is 5.79. The number of hydrogen-bond donors (Lipinski definition) is 1. The number of aromatic amines is 1. The number of nitrogens with zero attached hydrogens (tertiary/aromatic N) is 1. The predicted molar refractivity (Wildman–Crippen MR) is 141 cm³/mol. The molecule has 0 radical (unpaired) electrons. The summed E-state index contributed by atoms with van der Waals surface area (Å²) in [7, 11) is 0. The quantitative estimate of drug-likeness (QED) is 0.320. The van der Waals surface area contributed by atoms with Gasteiger partial charge in [-0.3, -0.25) is 0 Å². The molecule has 1 saturated heterocycles. The van der Waals surface area contributed by atoms with Crippen molar-refractivity contribution >= 4 is 28.2 Å². The Bertz CT molecular complexity index is 1340. The summed E-state index contributed by atoms with van der Waals surface area (Å²) in [5.74, 6) is 0.667. The Morgan fingerprint density at radius 3 is 2.74 bits per heavy atom. The van der Waals surface area contributed by atoms with E-state index in [4.69, 9.17) is 0 Å². The molecule has 34 heavy (non-hydrogen) atoms. The molecule has 0 saturated carbocycles. The summed E-state index contributed by atoms with van der Waals surface area (Å²) in [4.78, 5) is 5.95. The number of H-pyrrole nitrogens is 1. The number of aromatic nitrogens is 1. The summed E-state index contributed by atoms with van der Waals surface area (Å²) in [6.45, 7) is 2.26. The molecule has 0 amide bonds. The summed E-state index contributed by atoms with van der Waals surface area (Å²) in [5, 5.41) is 1.38. The van der Waals surface area contributed by atoms with E-state index in [0.717, 1.165) is 37.4 Å². The maximum absolute atomic E-state index is 13.6. The van der Waals surface area contributed by atoms with Crippen molar-refractivity contribution in [1.29, 1.82) is 0 Å². The lowest BCUT2D eigenvalue weighted by atomic mass is 9.90. The van der Waals surface area contributed by atoms with Crippen LogP contribution in [-0.2, 0) is 12.8 Å². The lowest BCUT2D eigenvalue weighted by molar-refractivity contribution is 0.373. The molecule has 1 fully saturated rings. The highest BCUT2D eigenvalue weighted by Crippen LogP contribution is 2.34. The van der Waals surface area contributed by atoms with E-state index in [2.05, 4.69) is 70.7 Å². The summed E-state index contributed by atoms with van der Waals surface area (Å²) in [5.41, 5.74) is 8.81. The van der Waals surface area contributed by atoms with Crippen molar-refractivity contribution in [3.05, 3.63) is 101 Å². The van der Waals surface area contributed by atoms with Gasteiger partial charge in [0.25, 0.3) is 0 Å². The van der Waals surface area contributed by atoms with Crippen LogP contribution < -0.4 is 4.90 Å². The van der Waals surface area contributed by atoms with Crippen LogP contribution in [0.3, 0.4) is 0 Å². The Kier molecular flexibility index (Phi) is 5.70. The third-order valence-electron chi connectivity index (χ3n) is 7.75. The zero-order chi connectivity index (χ0) is 22.9. The Labute approximate surface area is 201 Å². The average molecular weight is 451 g/mol. The van der Waals surface area contributed by atoms with Crippen molar-refractivity contribution in [2.24, 2.45) is 5.92 Å². The van der Waals surface area contributed by atoms with Gasteiger partial charge in [-0.15, -0.1) is 0 Å². The molecule has 172 valence electrons. The Morgan fingerprint density at radius 2 is 1.82 bits per heavy atom. The summed E-state index contributed by atoms with van der Waals surface area (Å²) in [6.07, 6.45) is 11.5. The second kappa shape index (κ2) is 9.13. The van der Waals surface area contributed by atoms with Gasteiger partial charge in [0, 0.05) is 35.9 Å². The van der Waals surface area contributed by atoms with Gasteiger partial charge >= 0.3 is 0 Å². The van der Waals surface area contributed by atoms with Crippen LogP contribution in [0.5, 0.6) is 0 Å². The van der Waals surface area contributed by atoms with E-state index in [9.17, 15) is 4.39 Å². The molecule has 0 atom stereocenters. The van der Waals surface area contributed by atoms with Crippen LogP contribution in [0.15, 0.2) is 72.9 Å². The molecular weight excluding hydrogens is 419 g/mol. The van der Waals surface area contributed by atoms with Gasteiger partial charge in [0.2, 0.25) is 0 Å². The minimum Gasteiger partial charge on any atom is -0.371 e. The number of para-hydroxylation sites is 1. The van der Waals surface area contributed by atoms with E-state index in [0.29, 0.717) is 0 Å². The fraction of sp³-hybridized carbons (Fsp3) is 0.290. The number of aryl methyl sites for hydroxylation is 1. The first-order valence-electron chi connectivity index (χ1n) is 12.6. The van der Waals surface area contributed by atoms with Crippen LogP contribution in [-0.4, -0.2) is 18.1 Å². The monoisotopic (exact) mass is 450 g/mol. The lowest BCUT2D eigenvalue weighted by Crippen LogP contribution is -2.33. The highest BCUT2D eigenvalue weighted by atomic mass is 19.1. The second-order valence-electron chi connectivity index (χ2n) is 9.92. The Hall–Kier alpha value is -3.33. The first-order chi connectivity index (χ1) is 16.7. The largest absolute Gasteiger partial charge is 0.371 e. The van der Waals surface area contributed by atoms with E-state index in [-0.39, 0.29) is 5.82 Å². The molecule has 1 aromatic heterocycles. The molecule has 0 bridgehead atoms. The predicted octanol–water partition coefficient (Wildman–Crippen LogP) is 7.64. The van der Waals surface area contributed by atoms with Crippen LogP contribution in [0.1, 0.15) is 47.9 Å². The van der Waals surface area contributed by atoms with Gasteiger partial charge in [0.05, 0.1) is 0 Å². The molecule has 1 aliphatic heterocycles. The van der Waals surface area contributed by atoms with E-state index in [1.807, 2.05) is 6.07 Å². The molecule has 2 aliphatic rings. The van der Waals surface area contributed by atoms with E-state index in [1.54, 1.807) is 12.1 Å². The number of anilines is 1. The van der Waals surface area contributed by atoms with Crippen molar-refractivity contribution in [3.8, 4) is 0 Å². The molecule has 2 heterocycles. The van der Waals surface area contributed by atoms with Crippen molar-refractivity contribution in [1.82, 2.24) is 4.98 Å². The zero-order valence-corrected chi connectivity index (χ0v) is 19.6. The minimum absolute atomic E-state index is 0.158. The van der Waals surface area contributed by atoms with Gasteiger partial charge in [0.1, 0.15) is 5.82 Å². The van der Waals surface area contributed by atoms with E-state index >= 15 is 0 Å². The van der Waals surface area contributed by atoms with Gasteiger partial charge in [0.15, 0.2) is 0 Å². The van der Waals surface area contributed by atoms with Crippen molar-refractivity contribution < 1.29 is 4.39 Å². The molecule has 2 nitrogen and oxygen atoms in total. The maximum Gasteiger partial charge on any atom is 0.123 e. The normalized spacial score (nSPS) is 16.1. The van der Waals surface area contributed by atoms with Crippen LogP contribution in [0.4, 0.5) is 10.1 Å². The fourth-order valence-corrected chi connectivity index (χ4v) is 5.79. The lowest BCUT2D eigenvalue weighted by Gasteiger charge is -2.34. The highest BCUT2D eigenvalue weighted by Gasteiger charge is 2.21. The average Bonchev–Trinajstić information content (AvgIpc) is 3.49. The number of benzene rings is 3. The minimum atomic E-state index is -0.158. The SMILES string of the molecule is Fc1ccc2c(c1)C=C(c1cccc(N3CCC(CCCc4c[nH]c5ccccc45)CC3)c1)C2. The molecular formula is C31H31FN2. The number of nitrogens with one attached hydrogen (secondary N) is 1. The van der Waals surface area contributed by atoms with Crippen LogP contribution in [0.2, 0.25) is 0 Å². The third kappa shape index (κ3) is 4.27. The topological polar surface area (TPSA) is 19.0 Å². The molecule has 1 aliphatic carbocycles. The number of rotatable bonds is 6. The molecule has 4 aromatic rings. The number of allylic oxidation sites excluding steroid dienone is 1. The second-order valence-corrected chi connectivity index (χ2v) is 9.92. The van der Waals surface area contributed by atoms with E-state index in [1.165, 1.54) is 64.5 Å². The number of hydrogen-bond acceptors (Lipinski definition) is 1.